The highest BCUT2D eigenvalue weighted by molar-refractivity contribution is 5.83. The molecule has 1 heterocycles. The van der Waals surface area contributed by atoms with Gasteiger partial charge in [-0.1, -0.05) is 61.2 Å². The average molecular weight is 473 g/mol. The van der Waals surface area contributed by atoms with Gasteiger partial charge >= 0.3 is 18.0 Å². The molecule has 0 aliphatic heterocycles. The lowest BCUT2D eigenvalue weighted by Gasteiger charge is -2.19. The Morgan fingerprint density at radius 1 is 1.00 bits per heavy atom. The van der Waals surface area contributed by atoms with E-state index in [2.05, 4.69) is 21.9 Å². The molecule has 1 amide bonds. The molecule has 0 spiro atoms. The normalized spacial score (nSPS) is 12.7. The van der Waals surface area contributed by atoms with Crippen LogP contribution in [0.15, 0.2) is 73.6 Å². The highest BCUT2D eigenvalue weighted by atomic mass is 16.6. The molecule has 0 radical (unpaired) electrons. The highest BCUT2D eigenvalue weighted by Crippen LogP contribution is 2.44. The number of aromatic nitrogens is 2. The molecule has 4 rings (SSSR count). The lowest BCUT2D eigenvalue weighted by atomic mass is 9.98. The van der Waals surface area contributed by atoms with Crippen LogP contribution in [0, 0.1) is 0 Å². The number of rotatable bonds is 9. The molecule has 3 aromatic rings. The lowest BCUT2D eigenvalue weighted by molar-refractivity contribution is -0.144. The molecular formula is C26H23N3O6. The number of carboxylic acids is 1. The molecule has 0 bridgehead atoms. The molecule has 9 heteroatoms. The van der Waals surface area contributed by atoms with Crippen LogP contribution in [-0.4, -0.2) is 52.4 Å². The first-order valence-electron chi connectivity index (χ1n) is 10.9. The minimum atomic E-state index is -1.27. The van der Waals surface area contributed by atoms with Crippen LogP contribution in [0.25, 0.3) is 11.1 Å². The topological polar surface area (TPSA) is 128 Å². The minimum Gasteiger partial charge on any atom is -0.475 e. The fourth-order valence-corrected chi connectivity index (χ4v) is 4.02. The number of carboxylic acid groups (broad SMARTS) is 1. The van der Waals surface area contributed by atoms with Gasteiger partial charge in [0.1, 0.15) is 19.3 Å². The van der Waals surface area contributed by atoms with Crippen LogP contribution in [0.1, 0.15) is 33.2 Å². The zero-order chi connectivity index (χ0) is 24.8. The molecule has 9 nitrogen and oxygen atoms in total. The fraction of sp³-hybridized carbons (Fsp3) is 0.192. The second-order valence-corrected chi connectivity index (χ2v) is 7.87. The van der Waals surface area contributed by atoms with Gasteiger partial charge in [-0.15, -0.1) is 0 Å². The molecule has 1 aromatic heterocycles. The van der Waals surface area contributed by atoms with Gasteiger partial charge in [0.15, 0.2) is 0 Å². The van der Waals surface area contributed by atoms with E-state index in [1.165, 1.54) is 18.5 Å². The zero-order valence-electron chi connectivity index (χ0n) is 18.7. The van der Waals surface area contributed by atoms with Crippen molar-refractivity contribution in [3.05, 3.63) is 96.1 Å². The number of amides is 1. The number of hydrogen-bond acceptors (Lipinski definition) is 7. The Morgan fingerprint density at radius 3 is 2.17 bits per heavy atom. The fourth-order valence-electron chi connectivity index (χ4n) is 4.02. The van der Waals surface area contributed by atoms with Crippen molar-refractivity contribution in [1.82, 2.24) is 15.3 Å². The first kappa shape index (κ1) is 23.6. The number of fused-ring (bicyclic) bond motifs is 3. The van der Waals surface area contributed by atoms with Crippen molar-refractivity contribution in [2.24, 2.45) is 0 Å². The summed E-state index contributed by atoms with van der Waals surface area (Å²) in [6.45, 7) is 3.57. The number of carbonyl (C=O) groups is 3. The molecule has 1 aliphatic carbocycles. The van der Waals surface area contributed by atoms with Crippen LogP contribution in [0.3, 0.4) is 0 Å². The maximum Gasteiger partial charge on any atom is 0.407 e. The number of hydrogen-bond donors (Lipinski definition) is 2. The summed E-state index contributed by atoms with van der Waals surface area (Å²) in [5, 5.41) is 11.5. The minimum absolute atomic E-state index is 0.0138. The summed E-state index contributed by atoms with van der Waals surface area (Å²) in [7, 11) is 0. The van der Waals surface area contributed by atoms with Gasteiger partial charge in [0.25, 0.3) is 0 Å². The monoisotopic (exact) mass is 473 g/mol. The van der Waals surface area contributed by atoms with Gasteiger partial charge in [-0.05, 0) is 27.8 Å². The van der Waals surface area contributed by atoms with Crippen LogP contribution >= 0.6 is 0 Å². The summed E-state index contributed by atoms with van der Waals surface area (Å²) in [6.07, 6.45) is 3.18. The first-order chi connectivity index (χ1) is 17.0. The molecule has 2 N–H and O–H groups in total. The summed E-state index contributed by atoms with van der Waals surface area (Å²) in [4.78, 5) is 43.6. The summed E-state index contributed by atoms with van der Waals surface area (Å²) >= 11 is 0. The van der Waals surface area contributed by atoms with E-state index in [9.17, 15) is 14.4 Å². The predicted molar refractivity (Wildman–Crippen MR) is 126 cm³/mol. The summed E-state index contributed by atoms with van der Waals surface area (Å²) in [5.41, 5.74) is 4.79. The standard InChI is InChI=1S/C26H23N3O6/c1-2-11-34-25(32)22(12-16-13-27-23(24(30)31)28-14-16)29-26(33)35-15-21-19-9-5-3-7-17(19)18-8-4-6-10-20(18)21/h2-10,13-14,21-22H,1,11-12,15H2,(H,29,33)(H,30,31)/t22-/m0/s1. The largest absolute Gasteiger partial charge is 0.475 e. The Morgan fingerprint density at radius 2 is 1.60 bits per heavy atom. The Hall–Kier alpha value is -4.53. The smallest absolute Gasteiger partial charge is 0.407 e. The number of esters is 1. The van der Waals surface area contributed by atoms with Gasteiger partial charge in [-0.2, -0.15) is 0 Å². The molecule has 0 saturated carbocycles. The van der Waals surface area contributed by atoms with Gasteiger partial charge in [-0.25, -0.2) is 24.4 Å². The highest BCUT2D eigenvalue weighted by Gasteiger charge is 2.30. The summed E-state index contributed by atoms with van der Waals surface area (Å²) in [5.74, 6) is -2.46. The number of ether oxygens (including phenoxy) is 2. The van der Waals surface area contributed by atoms with Crippen molar-refractivity contribution in [1.29, 1.82) is 0 Å². The summed E-state index contributed by atoms with van der Waals surface area (Å²) in [6, 6.07) is 14.8. The van der Waals surface area contributed by atoms with Crippen molar-refractivity contribution < 1.29 is 29.0 Å². The predicted octanol–water partition coefficient (Wildman–Crippen LogP) is 3.35. The van der Waals surface area contributed by atoms with Gasteiger partial charge in [0.05, 0.1) is 0 Å². The van der Waals surface area contributed by atoms with Crippen molar-refractivity contribution >= 4 is 18.0 Å². The van der Waals surface area contributed by atoms with E-state index in [-0.39, 0.29) is 31.4 Å². The molecule has 1 aliphatic rings. The van der Waals surface area contributed by atoms with Crippen LogP contribution in [0.5, 0.6) is 0 Å². The molecule has 35 heavy (non-hydrogen) atoms. The Balaban J connectivity index is 1.44. The number of aromatic carboxylic acids is 1. The average Bonchev–Trinajstić information content (AvgIpc) is 3.19. The number of nitrogens with one attached hydrogen (secondary N) is 1. The van der Waals surface area contributed by atoms with Gasteiger partial charge < -0.3 is 19.9 Å². The number of benzene rings is 2. The van der Waals surface area contributed by atoms with Crippen molar-refractivity contribution in [3.8, 4) is 11.1 Å². The third kappa shape index (κ3) is 5.35. The number of nitrogens with zero attached hydrogens (tertiary/aromatic N) is 2. The van der Waals surface area contributed by atoms with Crippen molar-refractivity contribution in [3.63, 3.8) is 0 Å². The van der Waals surface area contributed by atoms with Crippen molar-refractivity contribution in [2.45, 2.75) is 18.4 Å². The quantitative estimate of drug-likeness (QED) is 0.358. The van der Waals surface area contributed by atoms with Crippen LogP contribution in [0.4, 0.5) is 4.79 Å². The number of alkyl carbamates (subject to hydrolysis) is 1. The van der Waals surface area contributed by atoms with Crippen LogP contribution in [0.2, 0.25) is 0 Å². The third-order valence-corrected chi connectivity index (χ3v) is 5.60. The lowest BCUT2D eigenvalue weighted by Crippen LogP contribution is -2.44. The summed E-state index contributed by atoms with van der Waals surface area (Å²) < 4.78 is 10.6. The molecule has 0 fully saturated rings. The second kappa shape index (κ2) is 10.6. The molecular weight excluding hydrogens is 450 g/mol. The molecule has 178 valence electrons. The first-order valence-corrected chi connectivity index (χ1v) is 10.9. The van der Waals surface area contributed by atoms with E-state index in [0.29, 0.717) is 5.56 Å². The maximum absolute atomic E-state index is 12.7. The van der Waals surface area contributed by atoms with E-state index >= 15 is 0 Å². The van der Waals surface area contributed by atoms with E-state index in [4.69, 9.17) is 14.6 Å². The van der Waals surface area contributed by atoms with Gasteiger partial charge in [0, 0.05) is 24.7 Å². The number of carbonyl (C=O) groups excluding carboxylic acids is 2. The second-order valence-electron chi connectivity index (χ2n) is 7.87. The van der Waals surface area contributed by atoms with Crippen LogP contribution < -0.4 is 5.32 Å². The Kier molecular flexibility index (Phi) is 7.15. The van der Waals surface area contributed by atoms with E-state index in [1.807, 2.05) is 48.5 Å². The Bertz CT molecular complexity index is 1210. The van der Waals surface area contributed by atoms with Crippen molar-refractivity contribution in [2.75, 3.05) is 13.2 Å². The van der Waals surface area contributed by atoms with Gasteiger partial charge in [0.2, 0.25) is 5.82 Å². The van der Waals surface area contributed by atoms with Crippen LogP contribution in [-0.2, 0) is 20.7 Å². The SMILES string of the molecule is C=CCOC(=O)[C@H](Cc1cnc(C(=O)O)nc1)NC(=O)OCC1c2ccccc2-c2ccccc21. The Labute approximate surface area is 201 Å². The zero-order valence-corrected chi connectivity index (χ0v) is 18.7. The van der Waals surface area contributed by atoms with E-state index in [0.717, 1.165) is 22.3 Å². The molecule has 0 saturated heterocycles. The molecule has 1 atom stereocenters. The molecule has 2 aromatic carbocycles. The van der Waals surface area contributed by atoms with E-state index in [1.54, 1.807) is 0 Å². The van der Waals surface area contributed by atoms with E-state index < -0.39 is 24.1 Å². The van der Waals surface area contributed by atoms with Gasteiger partial charge in [-0.3, -0.25) is 0 Å². The molecule has 0 unspecified atom stereocenters. The maximum atomic E-state index is 12.7. The third-order valence-electron chi connectivity index (χ3n) is 5.60.